The van der Waals surface area contributed by atoms with Crippen LogP contribution in [-0.2, 0) is 4.79 Å². The summed E-state index contributed by atoms with van der Waals surface area (Å²) in [5.41, 5.74) is 0. The SMILES string of the molecule is CCNC(=NCCCSc1nccs1)NC1CCC(=O)NC1. The molecule has 1 aliphatic heterocycles. The van der Waals surface area contributed by atoms with Gasteiger partial charge in [0.2, 0.25) is 5.91 Å². The lowest BCUT2D eigenvalue weighted by molar-refractivity contribution is -0.122. The molecule has 1 unspecified atom stereocenters. The number of nitrogens with one attached hydrogen (secondary N) is 3. The number of hydrogen-bond acceptors (Lipinski definition) is 5. The smallest absolute Gasteiger partial charge is 0.220 e. The molecule has 8 heteroatoms. The first-order chi connectivity index (χ1) is 10.8. The summed E-state index contributed by atoms with van der Waals surface area (Å²) in [5.74, 6) is 2.00. The molecular formula is C14H23N5OS2. The Kier molecular flexibility index (Phi) is 7.51. The Morgan fingerprint density at radius 3 is 3.23 bits per heavy atom. The van der Waals surface area contributed by atoms with Crippen LogP contribution in [-0.4, -0.2) is 48.3 Å². The lowest BCUT2D eigenvalue weighted by Gasteiger charge is -2.25. The maximum absolute atomic E-state index is 11.2. The lowest BCUT2D eigenvalue weighted by Crippen LogP contribution is -2.51. The highest BCUT2D eigenvalue weighted by atomic mass is 32.2. The number of hydrogen-bond donors (Lipinski definition) is 3. The van der Waals surface area contributed by atoms with E-state index < -0.39 is 0 Å². The van der Waals surface area contributed by atoms with E-state index in [1.807, 2.05) is 11.6 Å². The van der Waals surface area contributed by atoms with Crippen LogP contribution in [0.25, 0.3) is 0 Å². The molecule has 2 rings (SSSR count). The van der Waals surface area contributed by atoms with E-state index in [1.54, 1.807) is 23.1 Å². The monoisotopic (exact) mass is 341 g/mol. The van der Waals surface area contributed by atoms with Crippen LogP contribution in [0.2, 0.25) is 0 Å². The second-order valence-corrected chi connectivity index (χ2v) is 7.18. The number of guanidine groups is 1. The van der Waals surface area contributed by atoms with Crippen molar-refractivity contribution in [3.05, 3.63) is 11.6 Å². The van der Waals surface area contributed by atoms with Crippen LogP contribution < -0.4 is 16.0 Å². The number of carbonyl (C=O) groups is 1. The maximum Gasteiger partial charge on any atom is 0.220 e. The summed E-state index contributed by atoms with van der Waals surface area (Å²) in [6, 6.07) is 0.264. The van der Waals surface area contributed by atoms with Gasteiger partial charge in [-0.1, -0.05) is 11.8 Å². The molecule has 1 aromatic rings. The Balaban J connectivity index is 1.68. The van der Waals surface area contributed by atoms with E-state index in [0.717, 1.165) is 42.0 Å². The lowest BCUT2D eigenvalue weighted by atomic mass is 10.1. The third-order valence-electron chi connectivity index (χ3n) is 3.16. The molecule has 1 atom stereocenters. The number of rotatable bonds is 7. The van der Waals surface area contributed by atoms with Crippen LogP contribution in [0.5, 0.6) is 0 Å². The molecule has 1 saturated heterocycles. The van der Waals surface area contributed by atoms with E-state index in [1.165, 1.54) is 0 Å². The third-order valence-corrected chi connectivity index (χ3v) is 5.21. The number of aromatic nitrogens is 1. The van der Waals surface area contributed by atoms with E-state index >= 15 is 0 Å². The molecule has 22 heavy (non-hydrogen) atoms. The first-order valence-electron chi connectivity index (χ1n) is 7.61. The van der Waals surface area contributed by atoms with E-state index in [4.69, 9.17) is 0 Å². The Bertz CT molecular complexity index is 468. The van der Waals surface area contributed by atoms with Crippen molar-refractivity contribution in [1.82, 2.24) is 20.9 Å². The molecular weight excluding hydrogens is 318 g/mol. The number of thiazole rings is 1. The number of thioether (sulfide) groups is 1. The van der Waals surface area contributed by atoms with Crippen molar-refractivity contribution in [2.75, 3.05) is 25.4 Å². The first-order valence-corrected chi connectivity index (χ1v) is 9.48. The Hall–Kier alpha value is -1.28. The number of piperidine rings is 1. The predicted molar refractivity (Wildman–Crippen MR) is 92.6 cm³/mol. The third kappa shape index (κ3) is 6.23. The van der Waals surface area contributed by atoms with Crippen LogP contribution in [0.15, 0.2) is 20.9 Å². The van der Waals surface area contributed by atoms with Gasteiger partial charge in [0.15, 0.2) is 5.96 Å². The highest BCUT2D eigenvalue weighted by Gasteiger charge is 2.18. The molecule has 3 N–H and O–H groups in total. The van der Waals surface area contributed by atoms with Gasteiger partial charge in [0, 0.05) is 49.4 Å². The predicted octanol–water partition coefficient (Wildman–Crippen LogP) is 1.46. The molecule has 0 spiro atoms. The topological polar surface area (TPSA) is 78.4 Å². The minimum Gasteiger partial charge on any atom is -0.357 e. The molecule has 6 nitrogen and oxygen atoms in total. The van der Waals surface area contributed by atoms with Crippen LogP contribution in [0.3, 0.4) is 0 Å². The molecule has 1 fully saturated rings. The normalized spacial score (nSPS) is 18.9. The van der Waals surface area contributed by atoms with Crippen molar-refractivity contribution < 1.29 is 4.79 Å². The summed E-state index contributed by atoms with van der Waals surface area (Å²) < 4.78 is 1.12. The van der Waals surface area contributed by atoms with Crippen molar-refractivity contribution in [1.29, 1.82) is 0 Å². The molecule has 1 amide bonds. The van der Waals surface area contributed by atoms with Crippen molar-refractivity contribution in [3.63, 3.8) is 0 Å². The minimum absolute atomic E-state index is 0.138. The minimum atomic E-state index is 0.138. The largest absolute Gasteiger partial charge is 0.357 e. The quantitative estimate of drug-likeness (QED) is 0.303. The molecule has 0 aromatic carbocycles. The van der Waals surface area contributed by atoms with Gasteiger partial charge >= 0.3 is 0 Å². The maximum atomic E-state index is 11.2. The van der Waals surface area contributed by atoms with Gasteiger partial charge < -0.3 is 16.0 Å². The van der Waals surface area contributed by atoms with Gasteiger partial charge in [-0.15, -0.1) is 11.3 Å². The fourth-order valence-electron chi connectivity index (χ4n) is 2.07. The molecule has 1 aliphatic rings. The van der Waals surface area contributed by atoms with Gasteiger partial charge in [0.1, 0.15) is 4.34 Å². The van der Waals surface area contributed by atoms with Crippen LogP contribution in [0, 0.1) is 0 Å². The zero-order valence-corrected chi connectivity index (χ0v) is 14.4. The van der Waals surface area contributed by atoms with E-state index in [-0.39, 0.29) is 11.9 Å². The van der Waals surface area contributed by atoms with Crippen molar-refractivity contribution in [2.45, 2.75) is 36.6 Å². The Labute approximate surface area is 139 Å². The van der Waals surface area contributed by atoms with Gasteiger partial charge in [0.05, 0.1) is 0 Å². The first kappa shape index (κ1) is 17.1. The molecule has 122 valence electrons. The molecule has 0 bridgehead atoms. The number of nitrogens with zero attached hydrogens (tertiary/aromatic N) is 2. The fraction of sp³-hybridized carbons (Fsp3) is 0.643. The fourth-order valence-corrected chi connectivity index (χ4v) is 3.70. The summed E-state index contributed by atoms with van der Waals surface area (Å²) >= 11 is 3.45. The number of carbonyl (C=O) groups excluding carboxylic acids is 1. The number of amides is 1. The summed E-state index contributed by atoms with van der Waals surface area (Å²) in [6.07, 6.45) is 4.29. The molecule has 2 heterocycles. The Morgan fingerprint density at radius 2 is 2.55 bits per heavy atom. The van der Waals surface area contributed by atoms with E-state index in [9.17, 15) is 4.79 Å². The highest BCUT2D eigenvalue weighted by Crippen LogP contribution is 2.20. The Morgan fingerprint density at radius 1 is 1.64 bits per heavy atom. The second kappa shape index (κ2) is 9.68. The molecule has 0 aliphatic carbocycles. The molecule has 1 aromatic heterocycles. The highest BCUT2D eigenvalue weighted by molar-refractivity contribution is 8.00. The molecule has 0 radical (unpaired) electrons. The van der Waals surface area contributed by atoms with Crippen molar-refractivity contribution in [3.8, 4) is 0 Å². The van der Waals surface area contributed by atoms with Gasteiger partial charge in [-0.3, -0.25) is 9.79 Å². The van der Waals surface area contributed by atoms with E-state index in [2.05, 4.69) is 32.9 Å². The van der Waals surface area contributed by atoms with Crippen molar-refractivity contribution in [2.24, 2.45) is 4.99 Å². The van der Waals surface area contributed by atoms with Gasteiger partial charge in [-0.25, -0.2) is 4.98 Å². The summed E-state index contributed by atoms with van der Waals surface area (Å²) in [4.78, 5) is 20.0. The van der Waals surface area contributed by atoms with Gasteiger partial charge in [-0.05, 0) is 19.8 Å². The van der Waals surface area contributed by atoms with Gasteiger partial charge in [-0.2, -0.15) is 0 Å². The van der Waals surface area contributed by atoms with E-state index in [0.29, 0.717) is 13.0 Å². The zero-order valence-electron chi connectivity index (χ0n) is 12.8. The number of aliphatic imine (C=N–C) groups is 1. The average molecular weight is 342 g/mol. The van der Waals surface area contributed by atoms with Crippen LogP contribution >= 0.6 is 23.1 Å². The van der Waals surface area contributed by atoms with Crippen LogP contribution in [0.4, 0.5) is 0 Å². The summed E-state index contributed by atoms with van der Waals surface area (Å²) in [7, 11) is 0. The van der Waals surface area contributed by atoms with Gasteiger partial charge in [0.25, 0.3) is 0 Å². The zero-order chi connectivity index (χ0) is 15.6. The second-order valence-electron chi connectivity index (χ2n) is 4.94. The average Bonchev–Trinajstić information content (AvgIpc) is 3.02. The summed E-state index contributed by atoms with van der Waals surface area (Å²) in [5, 5.41) is 11.5. The van der Waals surface area contributed by atoms with Crippen molar-refractivity contribution >= 4 is 35.0 Å². The van der Waals surface area contributed by atoms with Crippen LogP contribution in [0.1, 0.15) is 26.2 Å². The summed E-state index contributed by atoms with van der Waals surface area (Å²) in [6.45, 7) is 4.34. The molecule has 0 saturated carbocycles. The standard InChI is InChI=1S/C14H23N5OS2/c1-2-15-13(19-11-4-5-12(20)18-10-11)16-6-3-8-21-14-17-7-9-22-14/h7,9,11H,2-6,8,10H2,1H3,(H,18,20)(H2,15,16,19).